The van der Waals surface area contributed by atoms with Crippen LogP contribution in [0.1, 0.15) is 39.1 Å². The van der Waals surface area contributed by atoms with Crippen LogP contribution in [0.5, 0.6) is 0 Å². The van der Waals surface area contributed by atoms with Gasteiger partial charge >= 0.3 is 0 Å². The molecule has 1 heterocycles. The first-order chi connectivity index (χ1) is 9.25. The minimum Gasteiger partial charge on any atom is -0.339 e. The van der Waals surface area contributed by atoms with Gasteiger partial charge in [0.1, 0.15) is 0 Å². The van der Waals surface area contributed by atoms with Crippen LogP contribution in [0.15, 0.2) is 35.1 Å². The van der Waals surface area contributed by atoms with Crippen LogP contribution >= 0.6 is 0 Å². The van der Waals surface area contributed by atoms with Crippen LogP contribution in [0, 0.1) is 0 Å². The second-order valence-corrected chi connectivity index (χ2v) is 3.91. The molecule has 3 nitrogen and oxygen atoms in total. The number of nitrogens with zero attached hydrogens (tertiary/aromatic N) is 2. The number of hydrogen-bond acceptors (Lipinski definition) is 3. The highest BCUT2D eigenvalue weighted by Gasteiger charge is 2.04. The van der Waals surface area contributed by atoms with E-state index in [1.54, 1.807) is 0 Å². The molecule has 0 radical (unpaired) electrons. The minimum atomic E-state index is 0.572. The summed E-state index contributed by atoms with van der Waals surface area (Å²) in [6.07, 6.45) is 2.14. The van der Waals surface area contributed by atoms with Gasteiger partial charge in [0.2, 0.25) is 5.89 Å². The lowest BCUT2D eigenvalue weighted by Gasteiger charge is -2.03. The van der Waals surface area contributed by atoms with E-state index in [4.69, 9.17) is 4.52 Å². The predicted molar refractivity (Wildman–Crippen MR) is 83.4 cm³/mol. The zero-order chi connectivity index (χ0) is 14.7. The fourth-order valence-electron chi connectivity index (χ4n) is 1.47. The SMILES string of the molecule is CB(C)c1ccc(Cc2ncno2)cc1.CC.CC. The molecular weight excluding hydrogens is 235 g/mol. The van der Waals surface area contributed by atoms with Crippen molar-refractivity contribution in [1.29, 1.82) is 0 Å². The molecule has 0 saturated heterocycles. The van der Waals surface area contributed by atoms with Gasteiger partial charge in [-0.15, -0.1) is 0 Å². The van der Waals surface area contributed by atoms with Gasteiger partial charge < -0.3 is 4.52 Å². The Kier molecular flexibility index (Phi) is 9.50. The molecule has 0 aliphatic carbocycles. The summed E-state index contributed by atoms with van der Waals surface area (Å²) >= 11 is 0. The van der Waals surface area contributed by atoms with Crippen molar-refractivity contribution in [2.24, 2.45) is 0 Å². The van der Waals surface area contributed by atoms with E-state index >= 15 is 0 Å². The number of benzene rings is 1. The van der Waals surface area contributed by atoms with Gasteiger partial charge in [0.15, 0.2) is 13.0 Å². The maximum absolute atomic E-state index is 4.95. The highest BCUT2D eigenvalue weighted by molar-refractivity contribution is 6.70. The van der Waals surface area contributed by atoms with E-state index in [0.717, 1.165) is 0 Å². The van der Waals surface area contributed by atoms with Crippen LogP contribution in [0.4, 0.5) is 0 Å². The van der Waals surface area contributed by atoms with E-state index in [2.05, 4.69) is 48.1 Å². The van der Waals surface area contributed by atoms with Crippen molar-refractivity contribution in [2.75, 3.05) is 0 Å². The first-order valence-electron chi connectivity index (χ1n) is 7.10. The Bertz CT molecular complexity index is 410. The predicted octanol–water partition coefficient (Wildman–Crippen LogP) is 3.67. The van der Waals surface area contributed by atoms with Gasteiger partial charge in [0.25, 0.3) is 0 Å². The Morgan fingerprint density at radius 1 is 1.00 bits per heavy atom. The zero-order valence-electron chi connectivity index (χ0n) is 13.0. The van der Waals surface area contributed by atoms with E-state index < -0.39 is 0 Å². The van der Waals surface area contributed by atoms with E-state index in [9.17, 15) is 0 Å². The summed E-state index contributed by atoms with van der Waals surface area (Å²) in [4.78, 5) is 3.99. The van der Waals surface area contributed by atoms with E-state index in [1.165, 1.54) is 17.4 Å². The minimum absolute atomic E-state index is 0.572. The molecular formula is C15H25BN2O. The van der Waals surface area contributed by atoms with Crippen LogP contribution in [-0.4, -0.2) is 16.9 Å². The second-order valence-electron chi connectivity index (χ2n) is 3.91. The topological polar surface area (TPSA) is 38.9 Å². The van der Waals surface area contributed by atoms with E-state index in [-0.39, 0.29) is 0 Å². The van der Waals surface area contributed by atoms with Crippen molar-refractivity contribution in [3.63, 3.8) is 0 Å². The molecule has 0 bridgehead atoms. The lowest BCUT2D eigenvalue weighted by atomic mass is 9.49. The van der Waals surface area contributed by atoms with E-state index in [0.29, 0.717) is 19.0 Å². The second kappa shape index (κ2) is 10.4. The van der Waals surface area contributed by atoms with Crippen molar-refractivity contribution in [1.82, 2.24) is 10.1 Å². The average Bonchev–Trinajstić information content (AvgIpc) is 2.97. The lowest BCUT2D eigenvalue weighted by molar-refractivity contribution is 0.384. The molecule has 0 N–H and O–H groups in total. The summed E-state index contributed by atoms with van der Waals surface area (Å²) in [6.45, 7) is 12.9. The summed E-state index contributed by atoms with van der Waals surface area (Å²) in [5, 5.41) is 3.58. The normalized spacial score (nSPS) is 8.74. The smallest absolute Gasteiger partial charge is 0.230 e. The molecule has 2 aromatic rings. The Morgan fingerprint density at radius 3 is 2.00 bits per heavy atom. The molecule has 2 rings (SSSR count). The van der Waals surface area contributed by atoms with Crippen LogP contribution < -0.4 is 5.46 Å². The third-order valence-corrected chi connectivity index (χ3v) is 2.41. The molecule has 1 aromatic carbocycles. The fourth-order valence-corrected chi connectivity index (χ4v) is 1.47. The monoisotopic (exact) mass is 260 g/mol. The first kappa shape index (κ1) is 17.4. The van der Waals surface area contributed by atoms with Crippen LogP contribution in [0.2, 0.25) is 13.6 Å². The van der Waals surface area contributed by atoms with Crippen molar-refractivity contribution in [3.05, 3.63) is 42.0 Å². The molecule has 0 saturated carbocycles. The Morgan fingerprint density at radius 2 is 1.58 bits per heavy atom. The lowest BCUT2D eigenvalue weighted by Crippen LogP contribution is -2.21. The summed E-state index contributed by atoms with van der Waals surface area (Å²) < 4.78 is 4.95. The first-order valence-corrected chi connectivity index (χ1v) is 7.10. The molecule has 4 heteroatoms. The maximum Gasteiger partial charge on any atom is 0.230 e. The van der Waals surface area contributed by atoms with Gasteiger partial charge in [0, 0.05) is 0 Å². The average molecular weight is 260 g/mol. The van der Waals surface area contributed by atoms with Crippen molar-refractivity contribution >= 4 is 12.2 Å². The van der Waals surface area contributed by atoms with Gasteiger partial charge in [-0.05, 0) is 5.56 Å². The molecule has 0 aliphatic heterocycles. The Labute approximate surface area is 117 Å². The third-order valence-electron chi connectivity index (χ3n) is 2.41. The molecule has 0 fully saturated rings. The van der Waals surface area contributed by atoms with Gasteiger partial charge in [-0.2, -0.15) is 4.98 Å². The fraction of sp³-hybridized carbons (Fsp3) is 0.467. The molecule has 0 atom stereocenters. The summed E-state index contributed by atoms with van der Waals surface area (Å²) in [5.41, 5.74) is 2.55. The third kappa shape index (κ3) is 6.23. The van der Waals surface area contributed by atoms with Crippen LogP contribution in [0.3, 0.4) is 0 Å². The molecule has 0 amide bonds. The molecule has 104 valence electrons. The Balaban J connectivity index is 0.000000741. The van der Waals surface area contributed by atoms with Crippen LogP contribution in [-0.2, 0) is 6.42 Å². The largest absolute Gasteiger partial charge is 0.339 e. The van der Waals surface area contributed by atoms with Crippen molar-refractivity contribution < 1.29 is 4.52 Å². The van der Waals surface area contributed by atoms with E-state index in [1.807, 2.05) is 27.7 Å². The van der Waals surface area contributed by atoms with Crippen molar-refractivity contribution in [2.45, 2.75) is 47.8 Å². The van der Waals surface area contributed by atoms with Gasteiger partial charge in [0.05, 0.1) is 6.42 Å². The highest BCUT2D eigenvalue weighted by Crippen LogP contribution is 2.05. The summed E-state index contributed by atoms with van der Waals surface area (Å²) in [5.74, 6) is 0.660. The maximum atomic E-state index is 4.95. The van der Waals surface area contributed by atoms with Gasteiger partial charge in [-0.1, -0.05) is 76.2 Å². The molecule has 19 heavy (non-hydrogen) atoms. The molecule has 1 aromatic heterocycles. The zero-order valence-corrected chi connectivity index (χ0v) is 13.0. The quantitative estimate of drug-likeness (QED) is 0.790. The summed E-state index contributed by atoms with van der Waals surface area (Å²) in [6, 6.07) is 8.52. The summed E-state index contributed by atoms with van der Waals surface area (Å²) in [7, 11) is 0. The van der Waals surface area contributed by atoms with Crippen molar-refractivity contribution in [3.8, 4) is 0 Å². The van der Waals surface area contributed by atoms with Gasteiger partial charge in [-0.25, -0.2) is 0 Å². The number of rotatable bonds is 3. The Hall–Kier alpha value is -1.58. The molecule has 0 aliphatic rings. The molecule has 0 spiro atoms. The number of hydrogen-bond donors (Lipinski definition) is 0. The van der Waals surface area contributed by atoms with Crippen LogP contribution in [0.25, 0.3) is 0 Å². The molecule has 0 unspecified atom stereocenters. The standard InChI is InChI=1S/C11H13BN2O.2C2H6/c1-12(2)10-5-3-9(4-6-10)7-11-13-8-14-15-11;2*1-2/h3-6,8H,7H2,1-2H3;2*1-2H3. The van der Waals surface area contributed by atoms with Gasteiger partial charge in [-0.3, -0.25) is 0 Å². The number of aromatic nitrogens is 2. The highest BCUT2D eigenvalue weighted by atomic mass is 16.5.